The van der Waals surface area contributed by atoms with Crippen LogP contribution in [0.5, 0.6) is 0 Å². The van der Waals surface area contributed by atoms with Gasteiger partial charge in [-0.1, -0.05) is 39.8 Å². The number of esters is 2. The van der Waals surface area contributed by atoms with Crippen molar-refractivity contribution in [3.63, 3.8) is 0 Å². The predicted octanol–water partition coefficient (Wildman–Crippen LogP) is 2.51. The summed E-state index contributed by atoms with van der Waals surface area (Å²) in [5, 5.41) is 0. The first-order valence-electron chi connectivity index (χ1n) is 7.16. The molecule has 0 rings (SSSR count). The fraction of sp³-hybridized carbons (Fsp3) is 0.625. The van der Waals surface area contributed by atoms with Gasteiger partial charge in [0.15, 0.2) is 0 Å². The Labute approximate surface area is 126 Å². The van der Waals surface area contributed by atoms with Gasteiger partial charge in [-0.3, -0.25) is 0 Å². The summed E-state index contributed by atoms with van der Waals surface area (Å²) in [4.78, 5) is 22.4. The molecule has 0 aliphatic carbocycles. The van der Waals surface area contributed by atoms with E-state index in [2.05, 4.69) is 0 Å². The zero-order valence-electron chi connectivity index (χ0n) is 13.3. The fourth-order valence-corrected chi connectivity index (χ4v) is 1.09. The minimum absolute atomic E-state index is 0.280. The Balaban J connectivity index is 3.62. The highest BCUT2D eigenvalue weighted by Crippen LogP contribution is 1.94. The molecule has 0 aliphatic rings. The van der Waals surface area contributed by atoms with E-state index in [1.54, 1.807) is 12.2 Å². The monoisotopic (exact) mass is 298 g/mol. The minimum atomic E-state index is -0.375. The molecule has 0 amide bonds. The average Bonchev–Trinajstić information content (AvgIpc) is 2.41. The highest BCUT2D eigenvalue weighted by molar-refractivity contribution is 5.82. The third-order valence-corrected chi connectivity index (χ3v) is 2.05. The van der Waals surface area contributed by atoms with E-state index >= 15 is 0 Å². The second-order valence-corrected chi connectivity index (χ2v) is 5.39. The molecule has 120 valence electrons. The number of carbonyl (C=O) groups excluding carboxylic acids is 2. The van der Waals surface area contributed by atoms with Crippen molar-refractivity contribution < 1.29 is 23.8 Å². The van der Waals surface area contributed by atoms with Crippen molar-refractivity contribution in [3.8, 4) is 0 Å². The van der Waals surface area contributed by atoms with Gasteiger partial charge in [0.25, 0.3) is 0 Å². The Morgan fingerprint density at radius 1 is 0.810 bits per heavy atom. The lowest BCUT2D eigenvalue weighted by Crippen LogP contribution is -2.07. The second-order valence-electron chi connectivity index (χ2n) is 5.39. The topological polar surface area (TPSA) is 61.8 Å². The Kier molecular flexibility index (Phi) is 11.2. The number of hydrogen-bond donors (Lipinski definition) is 0. The largest absolute Gasteiger partial charge is 0.462 e. The molecule has 0 aromatic carbocycles. The highest BCUT2D eigenvalue weighted by atomic mass is 16.5. The Hall–Kier alpha value is -1.62. The summed E-state index contributed by atoms with van der Waals surface area (Å²) in [6.45, 7) is 9.26. The van der Waals surface area contributed by atoms with Crippen molar-refractivity contribution in [3.05, 3.63) is 24.3 Å². The molecular weight excluding hydrogens is 272 g/mol. The second kappa shape index (κ2) is 12.1. The van der Waals surface area contributed by atoms with Gasteiger partial charge in [-0.2, -0.15) is 0 Å². The summed E-state index contributed by atoms with van der Waals surface area (Å²) in [6, 6.07) is 0. The van der Waals surface area contributed by atoms with Crippen LogP contribution in [0.3, 0.4) is 0 Å². The SMILES string of the molecule is CC(C)COC(=O)C=CCOCC=CC(=O)OCC(C)C. The quantitative estimate of drug-likeness (QED) is 0.352. The van der Waals surface area contributed by atoms with E-state index in [1.807, 2.05) is 27.7 Å². The van der Waals surface area contributed by atoms with Crippen molar-refractivity contribution in [2.45, 2.75) is 27.7 Å². The number of carbonyl (C=O) groups is 2. The smallest absolute Gasteiger partial charge is 0.330 e. The molecule has 0 heterocycles. The van der Waals surface area contributed by atoms with Crippen LogP contribution >= 0.6 is 0 Å². The molecule has 0 aliphatic heterocycles. The normalized spacial score (nSPS) is 11.7. The maximum absolute atomic E-state index is 11.2. The zero-order valence-corrected chi connectivity index (χ0v) is 13.3. The maximum Gasteiger partial charge on any atom is 0.330 e. The van der Waals surface area contributed by atoms with Gasteiger partial charge in [0.1, 0.15) is 0 Å². The van der Waals surface area contributed by atoms with Crippen LogP contribution in [0.1, 0.15) is 27.7 Å². The number of rotatable bonds is 10. The molecule has 0 spiro atoms. The Morgan fingerprint density at radius 2 is 1.19 bits per heavy atom. The van der Waals surface area contributed by atoms with Gasteiger partial charge in [-0.25, -0.2) is 9.59 Å². The molecule has 0 atom stereocenters. The van der Waals surface area contributed by atoms with E-state index in [1.165, 1.54) is 12.2 Å². The minimum Gasteiger partial charge on any atom is -0.462 e. The molecule has 0 saturated carbocycles. The summed E-state index contributed by atoms with van der Waals surface area (Å²) in [5.41, 5.74) is 0. The lowest BCUT2D eigenvalue weighted by Gasteiger charge is -2.04. The van der Waals surface area contributed by atoms with Crippen molar-refractivity contribution in [2.75, 3.05) is 26.4 Å². The van der Waals surface area contributed by atoms with Gasteiger partial charge in [-0.05, 0) is 11.8 Å². The summed E-state index contributed by atoms with van der Waals surface area (Å²) < 4.78 is 15.1. The van der Waals surface area contributed by atoms with Crippen LogP contribution in [-0.4, -0.2) is 38.4 Å². The molecule has 0 N–H and O–H groups in total. The van der Waals surface area contributed by atoms with Gasteiger partial charge in [0, 0.05) is 12.2 Å². The summed E-state index contributed by atoms with van der Waals surface area (Å²) >= 11 is 0. The number of ether oxygens (including phenoxy) is 3. The van der Waals surface area contributed by atoms with E-state index in [4.69, 9.17) is 14.2 Å². The lowest BCUT2D eigenvalue weighted by molar-refractivity contribution is -0.139. The van der Waals surface area contributed by atoms with E-state index in [0.717, 1.165) is 0 Å². The van der Waals surface area contributed by atoms with Crippen molar-refractivity contribution in [1.82, 2.24) is 0 Å². The Morgan fingerprint density at radius 3 is 1.52 bits per heavy atom. The Bertz CT molecular complexity index is 322. The van der Waals surface area contributed by atoms with Crippen LogP contribution in [-0.2, 0) is 23.8 Å². The fourth-order valence-electron chi connectivity index (χ4n) is 1.09. The highest BCUT2D eigenvalue weighted by Gasteiger charge is 1.99. The van der Waals surface area contributed by atoms with Gasteiger partial charge in [-0.15, -0.1) is 0 Å². The van der Waals surface area contributed by atoms with Crippen molar-refractivity contribution in [1.29, 1.82) is 0 Å². The first kappa shape index (κ1) is 19.4. The molecular formula is C16H26O5. The standard InChI is InChI=1S/C16H26O5/c1-13(2)11-20-15(17)7-5-9-19-10-6-8-16(18)21-12-14(3)4/h5-8,13-14H,9-12H2,1-4H3. The van der Waals surface area contributed by atoms with Crippen LogP contribution in [0.2, 0.25) is 0 Å². The van der Waals surface area contributed by atoms with E-state index < -0.39 is 0 Å². The van der Waals surface area contributed by atoms with E-state index in [0.29, 0.717) is 25.0 Å². The lowest BCUT2D eigenvalue weighted by atomic mass is 10.2. The first-order chi connectivity index (χ1) is 9.91. The molecule has 0 radical (unpaired) electrons. The first-order valence-corrected chi connectivity index (χ1v) is 7.16. The predicted molar refractivity (Wildman–Crippen MR) is 80.7 cm³/mol. The van der Waals surface area contributed by atoms with Gasteiger partial charge in [0.2, 0.25) is 0 Å². The molecule has 21 heavy (non-hydrogen) atoms. The summed E-state index contributed by atoms with van der Waals surface area (Å²) in [6.07, 6.45) is 5.83. The van der Waals surface area contributed by atoms with E-state index in [9.17, 15) is 9.59 Å². The molecule has 0 saturated heterocycles. The third kappa shape index (κ3) is 14.6. The summed E-state index contributed by atoms with van der Waals surface area (Å²) in [5.74, 6) is -0.112. The average molecular weight is 298 g/mol. The van der Waals surface area contributed by atoms with Crippen LogP contribution in [0.4, 0.5) is 0 Å². The van der Waals surface area contributed by atoms with Crippen molar-refractivity contribution >= 4 is 11.9 Å². The van der Waals surface area contributed by atoms with Crippen LogP contribution in [0.25, 0.3) is 0 Å². The molecule has 0 fully saturated rings. The van der Waals surface area contributed by atoms with Gasteiger partial charge < -0.3 is 14.2 Å². The molecule has 5 heteroatoms. The molecule has 0 bridgehead atoms. The summed E-state index contributed by atoms with van der Waals surface area (Å²) in [7, 11) is 0. The molecule has 0 aromatic rings. The number of hydrogen-bond acceptors (Lipinski definition) is 5. The van der Waals surface area contributed by atoms with Crippen LogP contribution in [0.15, 0.2) is 24.3 Å². The maximum atomic E-state index is 11.2. The van der Waals surface area contributed by atoms with Crippen LogP contribution < -0.4 is 0 Å². The molecule has 5 nitrogen and oxygen atoms in total. The zero-order chi connectivity index (χ0) is 16.1. The molecule has 0 unspecified atom stereocenters. The molecule has 0 aromatic heterocycles. The third-order valence-electron chi connectivity index (χ3n) is 2.05. The van der Waals surface area contributed by atoms with Crippen LogP contribution in [0, 0.1) is 11.8 Å². The van der Waals surface area contributed by atoms with Crippen molar-refractivity contribution in [2.24, 2.45) is 11.8 Å². The van der Waals surface area contributed by atoms with Gasteiger partial charge >= 0.3 is 11.9 Å². The van der Waals surface area contributed by atoms with Gasteiger partial charge in [0.05, 0.1) is 26.4 Å². The van der Waals surface area contributed by atoms with E-state index in [-0.39, 0.29) is 25.2 Å².